The molecule has 0 aromatic carbocycles. The third-order valence-corrected chi connectivity index (χ3v) is 3.73. The Morgan fingerprint density at radius 3 is 2.80 bits per heavy atom. The number of rotatable bonds is 0. The molecule has 0 radical (unpaired) electrons. The fourth-order valence-electron chi connectivity index (χ4n) is 2.41. The Morgan fingerprint density at radius 2 is 2.13 bits per heavy atom. The lowest BCUT2D eigenvalue weighted by molar-refractivity contribution is -0.121. The van der Waals surface area contributed by atoms with E-state index < -0.39 is 11.5 Å². The van der Waals surface area contributed by atoms with Crippen LogP contribution in [0.25, 0.3) is 0 Å². The lowest BCUT2D eigenvalue weighted by Crippen LogP contribution is -2.46. The number of hydrogen-bond donors (Lipinski definition) is 1. The number of allylic oxidation sites excluding steroid dienone is 2. The molecular formula is C12H14O3. The van der Waals surface area contributed by atoms with Gasteiger partial charge in [-0.05, 0) is 18.1 Å². The third kappa shape index (κ3) is 1.30. The summed E-state index contributed by atoms with van der Waals surface area (Å²) in [5.74, 6) is -0.178. The predicted octanol–water partition coefficient (Wildman–Crippen LogP) is 1.03. The summed E-state index contributed by atoms with van der Waals surface area (Å²) in [6.45, 7) is 3.75. The molecule has 0 aromatic heterocycles. The van der Waals surface area contributed by atoms with E-state index in [9.17, 15) is 14.7 Å². The largest absolute Gasteiger partial charge is 0.388 e. The van der Waals surface area contributed by atoms with E-state index in [-0.39, 0.29) is 17.5 Å². The zero-order valence-corrected chi connectivity index (χ0v) is 8.86. The molecule has 0 bridgehead atoms. The van der Waals surface area contributed by atoms with E-state index in [1.807, 2.05) is 13.8 Å². The third-order valence-electron chi connectivity index (χ3n) is 3.73. The summed E-state index contributed by atoms with van der Waals surface area (Å²) in [7, 11) is 0. The van der Waals surface area contributed by atoms with Crippen LogP contribution < -0.4 is 0 Å². The van der Waals surface area contributed by atoms with Crippen LogP contribution in [0.4, 0.5) is 0 Å². The normalized spacial score (nSPS) is 40.1. The summed E-state index contributed by atoms with van der Waals surface area (Å²) in [6, 6.07) is 0. The van der Waals surface area contributed by atoms with E-state index >= 15 is 0 Å². The van der Waals surface area contributed by atoms with Crippen LogP contribution in [0.5, 0.6) is 0 Å². The van der Waals surface area contributed by atoms with Crippen molar-refractivity contribution in [3.8, 4) is 0 Å². The number of fused-ring (bicyclic) bond motifs is 1. The number of hydrogen-bond acceptors (Lipinski definition) is 3. The summed E-state index contributed by atoms with van der Waals surface area (Å²) >= 11 is 0. The number of ketones is 2. The van der Waals surface area contributed by atoms with Crippen LogP contribution in [0.15, 0.2) is 23.8 Å². The topological polar surface area (TPSA) is 54.4 Å². The van der Waals surface area contributed by atoms with Crippen molar-refractivity contribution in [2.24, 2.45) is 11.3 Å². The minimum atomic E-state index is -0.676. The fourth-order valence-corrected chi connectivity index (χ4v) is 2.41. The molecule has 0 saturated carbocycles. The molecule has 0 heterocycles. The highest BCUT2D eigenvalue weighted by Gasteiger charge is 2.47. The van der Waals surface area contributed by atoms with Crippen molar-refractivity contribution < 1.29 is 14.7 Å². The highest BCUT2D eigenvalue weighted by atomic mass is 16.3. The molecular weight excluding hydrogens is 192 g/mol. The second-order valence-corrected chi connectivity index (χ2v) is 4.58. The highest BCUT2D eigenvalue weighted by Crippen LogP contribution is 2.46. The minimum Gasteiger partial charge on any atom is -0.388 e. The van der Waals surface area contributed by atoms with E-state index in [4.69, 9.17) is 0 Å². The molecule has 3 atom stereocenters. The van der Waals surface area contributed by atoms with Crippen LogP contribution in [-0.4, -0.2) is 22.8 Å². The van der Waals surface area contributed by atoms with Gasteiger partial charge in [-0.3, -0.25) is 9.59 Å². The Hall–Kier alpha value is -1.22. The SMILES string of the molecule is CC1CC(=O)C=C2C(=O)C=CC(O)C21C. The Labute approximate surface area is 88.5 Å². The Kier molecular flexibility index (Phi) is 2.15. The summed E-state index contributed by atoms with van der Waals surface area (Å²) in [5.41, 5.74) is -0.138. The maximum Gasteiger partial charge on any atom is 0.182 e. The number of aliphatic hydroxyl groups is 1. The van der Waals surface area contributed by atoms with Gasteiger partial charge in [0.1, 0.15) is 0 Å². The average Bonchev–Trinajstić information content (AvgIpc) is 2.17. The van der Waals surface area contributed by atoms with Gasteiger partial charge in [0.25, 0.3) is 0 Å². The van der Waals surface area contributed by atoms with Crippen molar-refractivity contribution >= 4 is 11.6 Å². The summed E-state index contributed by atoms with van der Waals surface area (Å²) in [4.78, 5) is 23.0. The van der Waals surface area contributed by atoms with Gasteiger partial charge in [0, 0.05) is 17.4 Å². The van der Waals surface area contributed by atoms with Gasteiger partial charge in [-0.25, -0.2) is 0 Å². The second kappa shape index (κ2) is 3.14. The highest BCUT2D eigenvalue weighted by molar-refractivity contribution is 6.11. The molecule has 3 nitrogen and oxygen atoms in total. The van der Waals surface area contributed by atoms with Crippen molar-refractivity contribution in [2.75, 3.05) is 0 Å². The van der Waals surface area contributed by atoms with Crippen molar-refractivity contribution in [1.29, 1.82) is 0 Å². The van der Waals surface area contributed by atoms with Gasteiger partial charge in [-0.15, -0.1) is 0 Å². The van der Waals surface area contributed by atoms with Gasteiger partial charge in [-0.2, -0.15) is 0 Å². The first-order valence-corrected chi connectivity index (χ1v) is 5.12. The molecule has 0 aromatic rings. The molecule has 0 amide bonds. The fraction of sp³-hybridized carbons (Fsp3) is 0.500. The van der Waals surface area contributed by atoms with Crippen molar-refractivity contribution in [2.45, 2.75) is 26.4 Å². The predicted molar refractivity (Wildman–Crippen MR) is 55.1 cm³/mol. The smallest absolute Gasteiger partial charge is 0.182 e. The van der Waals surface area contributed by atoms with Crippen molar-refractivity contribution in [1.82, 2.24) is 0 Å². The summed E-state index contributed by atoms with van der Waals surface area (Å²) in [5, 5.41) is 9.95. The first kappa shape index (κ1) is 10.3. The minimum absolute atomic E-state index is 0.00565. The molecule has 0 fully saturated rings. The van der Waals surface area contributed by atoms with Gasteiger partial charge in [0.05, 0.1) is 6.10 Å². The lowest BCUT2D eigenvalue weighted by atomic mass is 9.60. The molecule has 80 valence electrons. The van der Waals surface area contributed by atoms with Gasteiger partial charge < -0.3 is 5.11 Å². The zero-order chi connectivity index (χ0) is 11.2. The van der Waals surface area contributed by atoms with Crippen LogP contribution >= 0.6 is 0 Å². The number of aliphatic hydroxyl groups excluding tert-OH is 1. The monoisotopic (exact) mass is 206 g/mol. The van der Waals surface area contributed by atoms with E-state index in [1.165, 1.54) is 18.2 Å². The van der Waals surface area contributed by atoms with E-state index in [2.05, 4.69) is 0 Å². The molecule has 15 heavy (non-hydrogen) atoms. The molecule has 3 unspecified atom stereocenters. The average molecular weight is 206 g/mol. The van der Waals surface area contributed by atoms with E-state index in [0.717, 1.165) is 0 Å². The van der Waals surface area contributed by atoms with Crippen LogP contribution in [0, 0.1) is 11.3 Å². The zero-order valence-electron chi connectivity index (χ0n) is 8.86. The number of carbonyl (C=O) groups excluding carboxylic acids is 2. The van der Waals surface area contributed by atoms with E-state index in [0.29, 0.717) is 12.0 Å². The van der Waals surface area contributed by atoms with Crippen LogP contribution in [0.1, 0.15) is 20.3 Å². The lowest BCUT2D eigenvalue weighted by Gasteiger charge is -2.43. The molecule has 0 aliphatic heterocycles. The van der Waals surface area contributed by atoms with Gasteiger partial charge in [0.15, 0.2) is 11.6 Å². The standard InChI is InChI=1S/C12H14O3/c1-7-5-8(13)6-9-10(14)3-4-11(15)12(7,9)2/h3-4,6-7,11,15H,5H2,1-2H3. The summed E-state index contributed by atoms with van der Waals surface area (Å²) in [6.07, 6.45) is 3.99. The van der Waals surface area contributed by atoms with E-state index in [1.54, 1.807) is 0 Å². The van der Waals surface area contributed by atoms with Crippen LogP contribution in [-0.2, 0) is 9.59 Å². The molecule has 0 spiro atoms. The number of carbonyl (C=O) groups is 2. The Bertz CT molecular complexity index is 392. The Morgan fingerprint density at radius 1 is 1.47 bits per heavy atom. The molecule has 3 heteroatoms. The maximum atomic E-state index is 11.7. The molecule has 2 aliphatic rings. The van der Waals surface area contributed by atoms with Gasteiger partial charge >= 0.3 is 0 Å². The van der Waals surface area contributed by atoms with Gasteiger partial charge in [0.2, 0.25) is 0 Å². The quantitative estimate of drug-likeness (QED) is 0.644. The first-order valence-electron chi connectivity index (χ1n) is 5.12. The Balaban J connectivity index is 2.59. The molecule has 2 aliphatic carbocycles. The second-order valence-electron chi connectivity index (χ2n) is 4.58. The van der Waals surface area contributed by atoms with Crippen LogP contribution in [0.2, 0.25) is 0 Å². The van der Waals surface area contributed by atoms with Crippen molar-refractivity contribution in [3.63, 3.8) is 0 Å². The molecule has 2 rings (SSSR count). The van der Waals surface area contributed by atoms with Crippen molar-refractivity contribution in [3.05, 3.63) is 23.8 Å². The maximum absolute atomic E-state index is 11.7. The first-order chi connectivity index (χ1) is 6.96. The van der Waals surface area contributed by atoms with Crippen LogP contribution in [0.3, 0.4) is 0 Å². The summed E-state index contributed by atoms with van der Waals surface area (Å²) < 4.78 is 0. The molecule has 1 N–H and O–H groups in total. The molecule has 0 saturated heterocycles. The van der Waals surface area contributed by atoms with Gasteiger partial charge in [-0.1, -0.05) is 19.9 Å².